The summed E-state index contributed by atoms with van der Waals surface area (Å²) in [5.41, 5.74) is 3.60. The molecule has 0 atom stereocenters. The van der Waals surface area contributed by atoms with Gasteiger partial charge < -0.3 is 5.32 Å². The van der Waals surface area contributed by atoms with Crippen LogP contribution in [0.4, 0.5) is 5.69 Å². The molecule has 0 aliphatic rings. The van der Waals surface area contributed by atoms with Crippen molar-refractivity contribution >= 4 is 33.1 Å². The average Bonchev–Trinajstić information content (AvgIpc) is 2.86. The Morgan fingerprint density at radius 2 is 1.86 bits per heavy atom. The van der Waals surface area contributed by atoms with Gasteiger partial charge in [-0.1, -0.05) is 26.0 Å². The van der Waals surface area contributed by atoms with Gasteiger partial charge in [0.25, 0.3) is 5.91 Å². The Bertz CT molecular complexity index is 819. The molecule has 112 valence electrons. The van der Waals surface area contributed by atoms with Gasteiger partial charge >= 0.3 is 0 Å². The van der Waals surface area contributed by atoms with E-state index in [1.807, 2.05) is 49.4 Å². The standard InChI is InChI=1S/C18H18N2OS/c1-11(2)13-4-6-14(7-5-13)18(21)20-15-8-9-17-16(10-15)19-12(3)22-17/h4-11H,1-3H3,(H,20,21). The van der Waals surface area contributed by atoms with Crippen molar-refractivity contribution in [1.29, 1.82) is 0 Å². The number of thiazole rings is 1. The van der Waals surface area contributed by atoms with Crippen LogP contribution in [0.5, 0.6) is 0 Å². The summed E-state index contributed by atoms with van der Waals surface area (Å²) in [4.78, 5) is 16.8. The molecule has 1 amide bonds. The van der Waals surface area contributed by atoms with E-state index in [0.29, 0.717) is 11.5 Å². The van der Waals surface area contributed by atoms with E-state index < -0.39 is 0 Å². The average molecular weight is 310 g/mol. The number of anilines is 1. The van der Waals surface area contributed by atoms with Crippen LogP contribution in [0, 0.1) is 6.92 Å². The fourth-order valence-electron chi connectivity index (χ4n) is 2.34. The minimum atomic E-state index is -0.0957. The van der Waals surface area contributed by atoms with Crippen LogP contribution < -0.4 is 5.32 Å². The minimum absolute atomic E-state index is 0.0957. The topological polar surface area (TPSA) is 42.0 Å². The second kappa shape index (κ2) is 5.89. The van der Waals surface area contributed by atoms with Crippen LogP contribution in [0.1, 0.15) is 40.7 Å². The molecule has 0 saturated carbocycles. The summed E-state index contributed by atoms with van der Waals surface area (Å²) in [5, 5.41) is 3.96. The number of carbonyl (C=O) groups excluding carboxylic acids is 1. The third-order valence-electron chi connectivity index (χ3n) is 3.59. The summed E-state index contributed by atoms with van der Waals surface area (Å²) in [6.45, 7) is 6.26. The van der Waals surface area contributed by atoms with Gasteiger partial charge in [-0.3, -0.25) is 4.79 Å². The molecule has 1 aromatic heterocycles. The van der Waals surface area contributed by atoms with Crippen molar-refractivity contribution in [2.75, 3.05) is 5.32 Å². The molecule has 0 fully saturated rings. The second-order valence-corrected chi connectivity index (χ2v) is 6.88. The van der Waals surface area contributed by atoms with E-state index in [4.69, 9.17) is 0 Å². The highest BCUT2D eigenvalue weighted by molar-refractivity contribution is 7.18. The van der Waals surface area contributed by atoms with Crippen molar-refractivity contribution in [3.63, 3.8) is 0 Å². The first-order valence-corrected chi connectivity index (χ1v) is 8.13. The van der Waals surface area contributed by atoms with Crippen LogP contribution in [0.2, 0.25) is 0 Å². The van der Waals surface area contributed by atoms with Gasteiger partial charge in [-0.25, -0.2) is 4.98 Å². The first kappa shape index (κ1) is 14.7. The second-order valence-electron chi connectivity index (χ2n) is 5.65. The number of hydrogen-bond donors (Lipinski definition) is 1. The number of rotatable bonds is 3. The first-order valence-electron chi connectivity index (χ1n) is 7.31. The molecule has 0 aliphatic heterocycles. The number of nitrogens with one attached hydrogen (secondary N) is 1. The number of amides is 1. The lowest BCUT2D eigenvalue weighted by atomic mass is 10.0. The van der Waals surface area contributed by atoms with E-state index in [2.05, 4.69) is 24.1 Å². The minimum Gasteiger partial charge on any atom is -0.322 e. The predicted molar refractivity (Wildman–Crippen MR) is 92.8 cm³/mol. The normalized spacial score (nSPS) is 11.1. The van der Waals surface area contributed by atoms with E-state index >= 15 is 0 Å². The van der Waals surface area contributed by atoms with E-state index in [1.54, 1.807) is 11.3 Å². The molecular weight excluding hydrogens is 292 g/mol. The maximum absolute atomic E-state index is 12.3. The lowest BCUT2D eigenvalue weighted by molar-refractivity contribution is 0.102. The Kier molecular flexibility index (Phi) is 3.94. The molecule has 0 aliphatic carbocycles. The molecule has 0 bridgehead atoms. The Morgan fingerprint density at radius 1 is 1.14 bits per heavy atom. The highest BCUT2D eigenvalue weighted by atomic mass is 32.1. The highest BCUT2D eigenvalue weighted by Crippen LogP contribution is 2.24. The third-order valence-corrected chi connectivity index (χ3v) is 4.54. The molecule has 22 heavy (non-hydrogen) atoms. The van der Waals surface area contributed by atoms with Gasteiger partial charge in [-0.05, 0) is 48.7 Å². The Morgan fingerprint density at radius 3 is 2.55 bits per heavy atom. The molecule has 0 saturated heterocycles. The van der Waals surface area contributed by atoms with Gasteiger partial charge in [0.2, 0.25) is 0 Å². The number of aryl methyl sites for hydroxylation is 1. The molecular formula is C18H18N2OS. The van der Waals surface area contributed by atoms with Crippen LogP contribution in [0.25, 0.3) is 10.2 Å². The molecule has 0 spiro atoms. The summed E-state index contributed by atoms with van der Waals surface area (Å²) in [5.74, 6) is 0.369. The van der Waals surface area contributed by atoms with Gasteiger partial charge in [0.15, 0.2) is 0 Å². The first-order chi connectivity index (χ1) is 10.5. The molecule has 3 nitrogen and oxygen atoms in total. The van der Waals surface area contributed by atoms with Crippen molar-refractivity contribution in [3.8, 4) is 0 Å². The number of hydrogen-bond acceptors (Lipinski definition) is 3. The summed E-state index contributed by atoms with van der Waals surface area (Å²) in [7, 11) is 0. The van der Waals surface area contributed by atoms with Crippen LogP contribution in [0.3, 0.4) is 0 Å². The molecule has 0 unspecified atom stereocenters. The zero-order valence-corrected chi connectivity index (χ0v) is 13.7. The molecule has 3 aromatic rings. The summed E-state index contributed by atoms with van der Waals surface area (Å²) in [6.07, 6.45) is 0. The third kappa shape index (κ3) is 3.02. The lowest BCUT2D eigenvalue weighted by Gasteiger charge is -2.08. The molecule has 4 heteroatoms. The van der Waals surface area contributed by atoms with E-state index in [-0.39, 0.29) is 5.91 Å². The predicted octanol–water partition coefficient (Wildman–Crippen LogP) is 4.98. The molecule has 1 heterocycles. The maximum atomic E-state index is 12.3. The van der Waals surface area contributed by atoms with E-state index in [9.17, 15) is 4.79 Å². The number of carbonyl (C=O) groups is 1. The summed E-state index contributed by atoms with van der Waals surface area (Å²) in [6, 6.07) is 13.6. The zero-order valence-electron chi connectivity index (χ0n) is 12.9. The maximum Gasteiger partial charge on any atom is 0.255 e. The molecule has 2 aromatic carbocycles. The SMILES string of the molecule is Cc1nc2cc(NC(=O)c3ccc(C(C)C)cc3)ccc2s1. The number of benzene rings is 2. The van der Waals surface area contributed by atoms with Gasteiger partial charge in [0, 0.05) is 11.3 Å². The fraction of sp³-hybridized carbons (Fsp3) is 0.222. The van der Waals surface area contributed by atoms with Gasteiger partial charge in [-0.2, -0.15) is 0 Å². The Labute approximate surface area is 134 Å². The summed E-state index contributed by atoms with van der Waals surface area (Å²) < 4.78 is 1.14. The molecule has 3 rings (SSSR count). The number of fused-ring (bicyclic) bond motifs is 1. The Hall–Kier alpha value is -2.20. The van der Waals surface area contributed by atoms with Crippen molar-refractivity contribution in [3.05, 3.63) is 58.6 Å². The van der Waals surface area contributed by atoms with Crippen LogP contribution in [-0.4, -0.2) is 10.9 Å². The van der Waals surface area contributed by atoms with Crippen LogP contribution >= 0.6 is 11.3 Å². The quantitative estimate of drug-likeness (QED) is 0.741. The number of aromatic nitrogens is 1. The fourth-order valence-corrected chi connectivity index (χ4v) is 3.15. The number of nitrogens with zero attached hydrogens (tertiary/aromatic N) is 1. The zero-order chi connectivity index (χ0) is 15.7. The molecule has 1 N–H and O–H groups in total. The van der Waals surface area contributed by atoms with Crippen molar-refractivity contribution in [1.82, 2.24) is 4.98 Å². The molecule has 0 radical (unpaired) electrons. The van der Waals surface area contributed by atoms with Crippen molar-refractivity contribution < 1.29 is 4.79 Å². The van der Waals surface area contributed by atoms with E-state index in [1.165, 1.54) is 5.56 Å². The largest absolute Gasteiger partial charge is 0.322 e. The smallest absolute Gasteiger partial charge is 0.255 e. The van der Waals surface area contributed by atoms with Gasteiger partial charge in [0.1, 0.15) is 0 Å². The van der Waals surface area contributed by atoms with Crippen molar-refractivity contribution in [2.24, 2.45) is 0 Å². The monoisotopic (exact) mass is 310 g/mol. The lowest BCUT2D eigenvalue weighted by Crippen LogP contribution is -2.11. The van der Waals surface area contributed by atoms with Gasteiger partial charge in [0.05, 0.1) is 15.2 Å². The summed E-state index contributed by atoms with van der Waals surface area (Å²) >= 11 is 1.66. The van der Waals surface area contributed by atoms with Crippen molar-refractivity contribution in [2.45, 2.75) is 26.7 Å². The van der Waals surface area contributed by atoms with Crippen LogP contribution in [-0.2, 0) is 0 Å². The van der Waals surface area contributed by atoms with Crippen LogP contribution in [0.15, 0.2) is 42.5 Å². The highest BCUT2D eigenvalue weighted by Gasteiger charge is 2.08. The Balaban J connectivity index is 1.79. The van der Waals surface area contributed by atoms with E-state index in [0.717, 1.165) is 20.9 Å². The van der Waals surface area contributed by atoms with Gasteiger partial charge in [-0.15, -0.1) is 11.3 Å².